The van der Waals surface area contributed by atoms with Crippen molar-refractivity contribution in [1.29, 1.82) is 0 Å². The molecule has 0 aromatic heterocycles. The number of anilines is 3. The van der Waals surface area contributed by atoms with Gasteiger partial charge in [0.05, 0.1) is 16.9 Å². The van der Waals surface area contributed by atoms with E-state index in [1.54, 1.807) is 30.3 Å². The van der Waals surface area contributed by atoms with Gasteiger partial charge in [-0.05, 0) is 74.8 Å². The molecule has 0 bridgehead atoms. The zero-order valence-electron chi connectivity index (χ0n) is 24.7. The summed E-state index contributed by atoms with van der Waals surface area (Å²) >= 11 is 0. The lowest BCUT2D eigenvalue weighted by Crippen LogP contribution is -2.31. The molecule has 5 aromatic rings. The molecule has 3 heteroatoms. The van der Waals surface area contributed by atoms with Crippen LogP contribution in [0.5, 0.6) is 0 Å². The van der Waals surface area contributed by atoms with E-state index in [2.05, 4.69) is 112 Å². The Balaban J connectivity index is 1.38. The molecule has 0 N–H and O–H groups in total. The van der Waals surface area contributed by atoms with Crippen molar-refractivity contribution >= 4 is 45.5 Å². The maximum atomic E-state index is 13.0. The summed E-state index contributed by atoms with van der Waals surface area (Å²) in [6.07, 6.45) is 1.74. The largest absolute Gasteiger partial charge is 0.310 e. The number of carbonyl (C=O) groups is 2. The predicted octanol–water partition coefficient (Wildman–Crippen LogP) is 9.71. The standard InChI is InChI=1S/C39H33NO2/c1-38(2,3)26-16-18-27(19-17-26)40-33-13-9-8-12-32(33)39(4,5)35-28-20-14-24(22-25(28)15-21-34(35)40)23-31-36(41)29-10-6-7-11-30(29)37(31)42/h6-23H,1-5H3. The van der Waals surface area contributed by atoms with Gasteiger partial charge in [-0.2, -0.15) is 0 Å². The van der Waals surface area contributed by atoms with Crippen LogP contribution in [0.1, 0.15) is 77.6 Å². The lowest BCUT2D eigenvalue weighted by atomic mass is 9.71. The summed E-state index contributed by atoms with van der Waals surface area (Å²) in [5, 5.41) is 2.24. The van der Waals surface area contributed by atoms with Gasteiger partial charge in [-0.25, -0.2) is 0 Å². The van der Waals surface area contributed by atoms with E-state index in [0.29, 0.717) is 11.1 Å². The van der Waals surface area contributed by atoms with Crippen LogP contribution in [-0.4, -0.2) is 11.6 Å². The zero-order valence-corrected chi connectivity index (χ0v) is 24.7. The Kier molecular flexibility index (Phi) is 5.68. The molecule has 1 heterocycles. The van der Waals surface area contributed by atoms with Crippen molar-refractivity contribution in [2.75, 3.05) is 4.90 Å². The van der Waals surface area contributed by atoms with Gasteiger partial charge < -0.3 is 4.90 Å². The molecule has 5 aromatic carbocycles. The van der Waals surface area contributed by atoms with Crippen molar-refractivity contribution in [3.63, 3.8) is 0 Å². The van der Waals surface area contributed by atoms with E-state index in [9.17, 15) is 9.59 Å². The van der Waals surface area contributed by atoms with E-state index >= 15 is 0 Å². The summed E-state index contributed by atoms with van der Waals surface area (Å²) in [5.74, 6) is -0.404. The fraction of sp³-hybridized carbons (Fsp3) is 0.179. The summed E-state index contributed by atoms with van der Waals surface area (Å²) in [5.41, 5.74) is 9.21. The molecule has 0 unspecified atom stereocenters. The number of Topliss-reactive ketones (excluding diaryl/α,β-unsaturated/α-hetero) is 2. The van der Waals surface area contributed by atoms with Crippen molar-refractivity contribution in [3.05, 3.63) is 142 Å². The Morgan fingerprint density at radius 2 is 1.33 bits per heavy atom. The van der Waals surface area contributed by atoms with E-state index in [-0.39, 0.29) is 28.0 Å². The highest BCUT2D eigenvalue weighted by Gasteiger charge is 2.38. The van der Waals surface area contributed by atoms with Gasteiger partial charge >= 0.3 is 0 Å². The van der Waals surface area contributed by atoms with Crippen LogP contribution < -0.4 is 4.90 Å². The minimum Gasteiger partial charge on any atom is -0.310 e. The number of fused-ring (bicyclic) bond motifs is 5. The highest BCUT2D eigenvalue weighted by atomic mass is 16.2. The molecule has 206 valence electrons. The SMILES string of the molecule is CC(C)(C)c1ccc(N2c3ccccc3C(C)(C)c3c2ccc2cc(C=C4C(=O)c5ccccc5C4=O)ccc32)cc1. The Bertz CT molecular complexity index is 1930. The smallest absolute Gasteiger partial charge is 0.197 e. The lowest BCUT2D eigenvalue weighted by Gasteiger charge is -2.42. The molecule has 3 nitrogen and oxygen atoms in total. The molecule has 0 radical (unpaired) electrons. The van der Waals surface area contributed by atoms with Crippen molar-refractivity contribution < 1.29 is 9.59 Å². The minimum absolute atomic E-state index is 0.0813. The number of rotatable bonds is 2. The third kappa shape index (κ3) is 3.88. The number of hydrogen-bond donors (Lipinski definition) is 0. The molecule has 42 heavy (non-hydrogen) atoms. The van der Waals surface area contributed by atoms with Gasteiger partial charge in [-0.15, -0.1) is 0 Å². The second kappa shape index (κ2) is 9.12. The third-order valence-electron chi connectivity index (χ3n) is 8.91. The normalized spacial score (nSPS) is 15.5. The van der Waals surface area contributed by atoms with Gasteiger partial charge in [-0.1, -0.05) is 107 Å². The maximum Gasteiger partial charge on any atom is 0.197 e. The topological polar surface area (TPSA) is 37.4 Å². The van der Waals surface area contributed by atoms with Gasteiger partial charge in [0.25, 0.3) is 0 Å². The summed E-state index contributed by atoms with van der Waals surface area (Å²) < 4.78 is 0. The molecule has 1 aliphatic heterocycles. The Hall–Kier alpha value is -4.76. The molecule has 0 amide bonds. The fourth-order valence-electron chi connectivity index (χ4n) is 6.69. The Morgan fingerprint density at radius 3 is 2.00 bits per heavy atom. The molecule has 1 aliphatic carbocycles. The van der Waals surface area contributed by atoms with Crippen LogP contribution in [0.25, 0.3) is 16.8 Å². The van der Waals surface area contributed by atoms with Gasteiger partial charge in [0.2, 0.25) is 0 Å². The first-order valence-electron chi connectivity index (χ1n) is 14.5. The summed E-state index contributed by atoms with van der Waals surface area (Å²) in [6, 6.07) is 35.3. The maximum absolute atomic E-state index is 13.0. The molecular formula is C39H33NO2. The first-order chi connectivity index (χ1) is 20.1. The molecule has 0 saturated carbocycles. The second-order valence-electron chi connectivity index (χ2n) is 13.0. The van der Waals surface area contributed by atoms with Gasteiger partial charge in [0, 0.05) is 22.2 Å². The number of benzene rings is 5. The fourth-order valence-corrected chi connectivity index (χ4v) is 6.69. The molecule has 2 aliphatic rings. The lowest BCUT2D eigenvalue weighted by molar-refractivity contribution is 0.0990. The third-order valence-corrected chi connectivity index (χ3v) is 8.91. The van der Waals surface area contributed by atoms with E-state index < -0.39 is 0 Å². The van der Waals surface area contributed by atoms with Gasteiger partial charge in [-0.3, -0.25) is 9.59 Å². The van der Waals surface area contributed by atoms with Crippen molar-refractivity contribution in [2.45, 2.75) is 45.4 Å². The summed E-state index contributed by atoms with van der Waals surface area (Å²) in [4.78, 5) is 28.4. The number of carbonyl (C=O) groups excluding carboxylic acids is 2. The molecule has 0 spiro atoms. The van der Waals surface area contributed by atoms with Crippen LogP contribution in [-0.2, 0) is 10.8 Å². The van der Waals surface area contributed by atoms with E-state index in [4.69, 9.17) is 0 Å². The zero-order chi connectivity index (χ0) is 29.4. The quantitative estimate of drug-likeness (QED) is 0.163. The summed E-state index contributed by atoms with van der Waals surface area (Å²) in [7, 11) is 0. The van der Waals surface area contributed by atoms with Crippen LogP contribution >= 0.6 is 0 Å². The Labute approximate surface area is 247 Å². The number of hydrogen-bond acceptors (Lipinski definition) is 3. The summed E-state index contributed by atoms with van der Waals surface area (Å²) in [6.45, 7) is 11.3. The number of para-hydroxylation sites is 1. The van der Waals surface area contributed by atoms with E-state index in [0.717, 1.165) is 27.7 Å². The second-order valence-corrected chi connectivity index (χ2v) is 13.0. The van der Waals surface area contributed by atoms with Gasteiger partial charge in [0.1, 0.15) is 0 Å². The number of ketones is 2. The van der Waals surface area contributed by atoms with Crippen LogP contribution in [0.15, 0.2) is 109 Å². The molecule has 0 atom stereocenters. The molecule has 7 rings (SSSR count). The Morgan fingerprint density at radius 1 is 0.690 bits per heavy atom. The first kappa shape index (κ1) is 26.2. The van der Waals surface area contributed by atoms with Crippen molar-refractivity contribution in [2.24, 2.45) is 0 Å². The van der Waals surface area contributed by atoms with Crippen LogP contribution in [0, 0.1) is 0 Å². The van der Waals surface area contributed by atoms with E-state index in [1.807, 2.05) is 6.07 Å². The highest BCUT2D eigenvalue weighted by molar-refractivity contribution is 6.41. The van der Waals surface area contributed by atoms with Crippen LogP contribution in [0.2, 0.25) is 0 Å². The van der Waals surface area contributed by atoms with Crippen LogP contribution in [0.4, 0.5) is 17.1 Å². The first-order valence-corrected chi connectivity index (χ1v) is 14.5. The monoisotopic (exact) mass is 547 g/mol. The van der Waals surface area contributed by atoms with E-state index in [1.165, 1.54) is 22.4 Å². The predicted molar refractivity (Wildman–Crippen MR) is 173 cm³/mol. The highest BCUT2D eigenvalue weighted by Crippen LogP contribution is 2.54. The number of nitrogens with zero attached hydrogens (tertiary/aromatic N) is 1. The van der Waals surface area contributed by atoms with Gasteiger partial charge in [0.15, 0.2) is 11.6 Å². The van der Waals surface area contributed by atoms with Crippen molar-refractivity contribution in [1.82, 2.24) is 0 Å². The average Bonchev–Trinajstić information content (AvgIpc) is 3.21. The van der Waals surface area contributed by atoms with Crippen molar-refractivity contribution in [3.8, 4) is 0 Å². The average molecular weight is 548 g/mol. The molecule has 0 saturated heterocycles. The molecule has 0 fully saturated rings. The number of allylic oxidation sites excluding steroid dienone is 1. The molecular weight excluding hydrogens is 514 g/mol. The van der Waals surface area contributed by atoms with Crippen LogP contribution in [0.3, 0.4) is 0 Å². The minimum atomic E-state index is -0.244.